The van der Waals surface area contributed by atoms with Crippen LogP contribution in [-0.2, 0) is 0 Å². The lowest BCUT2D eigenvalue weighted by Gasteiger charge is -2.12. The molecule has 0 spiro atoms. The number of nitrogens with two attached hydrogens (primary N) is 1. The van der Waals surface area contributed by atoms with Crippen molar-refractivity contribution in [1.82, 2.24) is 0 Å². The van der Waals surface area contributed by atoms with Gasteiger partial charge in [0.05, 0.1) is 16.1 Å². The number of hydrogen-bond acceptors (Lipinski definition) is 3. The van der Waals surface area contributed by atoms with E-state index in [9.17, 15) is 0 Å². The monoisotopic (exact) mass is 313 g/mol. The Bertz CT molecular complexity index is 673. The largest absolute Gasteiger partial charge is 0.320 e. The molecule has 92 valence electrons. The standard InChI is InChI=1S/C13H9Cl2NS2/c14-8-3-1-2-7(12(8)15)13(16)11-6-10-9(18-11)4-5-17-10/h1-6,13H,16H2. The Kier molecular flexibility index (Phi) is 3.34. The molecule has 1 nitrogen and oxygen atoms in total. The molecule has 0 radical (unpaired) electrons. The molecule has 0 aliphatic rings. The van der Waals surface area contributed by atoms with Gasteiger partial charge in [0.25, 0.3) is 0 Å². The summed E-state index contributed by atoms with van der Waals surface area (Å²) < 4.78 is 2.53. The molecule has 1 unspecified atom stereocenters. The topological polar surface area (TPSA) is 26.0 Å². The Balaban J connectivity index is 2.06. The van der Waals surface area contributed by atoms with E-state index in [0.29, 0.717) is 10.0 Å². The highest BCUT2D eigenvalue weighted by molar-refractivity contribution is 7.27. The molecular weight excluding hydrogens is 305 g/mol. The number of fused-ring (bicyclic) bond motifs is 1. The van der Waals surface area contributed by atoms with E-state index in [1.54, 1.807) is 28.7 Å². The van der Waals surface area contributed by atoms with E-state index in [2.05, 4.69) is 17.5 Å². The van der Waals surface area contributed by atoms with Crippen LogP contribution in [0.3, 0.4) is 0 Å². The fourth-order valence-corrected chi connectivity index (χ4v) is 4.42. The molecule has 0 aliphatic carbocycles. The maximum atomic E-state index is 6.28. The molecule has 0 fully saturated rings. The summed E-state index contributed by atoms with van der Waals surface area (Å²) in [5, 5.41) is 3.18. The van der Waals surface area contributed by atoms with Gasteiger partial charge in [-0.05, 0) is 29.1 Å². The first-order valence-corrected chi connectivity index (χ1v) is 7.78. The Morgan fingerprint density at radius 2 is 1.94 bits per heavy atom. The van der Waals surface area contributed by atoms with E-state index < -0.39 is 0 Å². The zero-order valence-corrected chi connectivity index (χ0v) is 12.3. The molecule has 0 saturated heterocycles. The van der Waals surface area contributed by atoms with E-state index in [4.69, 9.17) is 28.9 Å². The van der Waals surface area contributed by atoms with Crippen LogP contribution in [0, 0.1) is 0 Å². The Morgan fingerprint density at radius 1 is 1.11 bits per heavy atom. The lowest BCUT2D eigenvalue weighted by atomic mass is 10.1. The van der Waals surface area contributed by atoms with Crippen molar-refractivity contribution in [2.24, 2.45) is 5.73 Å². The van der Waals surface area contributed by atoms with Gasteiger partial charge in [-0.25, -0.2) is 0 Å². The van der Waals surface area contributed by atoms with E-state index in [1.807, 2.05) is 12.1 Å². The molecule has 2 heterocycles. The smallest absolute Gasteiger partial charge is 0.0661 e. The van der Waals surface area contributed by atoms with E-state index in [0.717, 1.165) is 10.4 Å². The minimum absolute atomic E-state index is 0.221. The van der Waals surface area contributed by atoms with Crippen LogP contribution in [-0.4, -0.2) is 0 Å². The first-order chi connectivity index (χ1) is 8.66. The quantitative estimate of drug-likeness (QED) is 0.681. The fraction of sp³-hybridized carbons (Fsp3) is 0.0769. The highest BCUT2D eigenvalue weighted by Crippen LogP contribution is 2.38. The molecule has 5 heteroatoms. The normalized spacial score (nSPS) is 13.1. The number of thiophene rings is 2. The van der Waals surface area contributed by atoms with Crippen LogP contribution < -0.4 is 5.73 Å². The summed E-state index contributed by atoms with van der Waals surface area (Å²) in [6.45, 7) is 0. The van der Waals surface area contributed by atoms with Gasteiger partial charge in [0.2, 0.25) is 0 Å². The Labute approximate surface area is 123 Å². The van der Waals surface area contributed by atoms with E-state index in [1.165, 1.54) is 9.40 Å². The summed E-state index contributed by atoms with van der Waals surface area (Å²) in [6, 6.07) is 9.59. The summed E-state index contributed by atoms with van der Waals surface area (Å²) in [5.74, 6) is 0. The SMILES string of the molecule is NC(c1cc2sccc2s1)c1cccc(Cl)c1Cl. The van der Waals surface area contributed by atoms with Gasteiger partial charge in [0.15, 0.2) is 0 Å². The van der Waals surface area contributed by atoms with Gasteiger partial charge < -0.3 is 5.73 Å². The van der Waals surface area contributed by atoms with Gasteiger partial charge in [-0.1, -0.05) is 35.3 Å². The van der Waals surface area contributed by atoms with Crippen molar-refractivity contribution in [3.05, 3.63) is 56.2 Å². The minimum Gasteiger partial charge on any atom is -0.320 e. The Morgan fingerprint density at radius 3 is 2.72 bits per heavy atom. The van der Waals surface area contributed by atoms with Crippen molar-refractivity contribution in [2.45, 2.75) is 6.04 Å². The average molecular weight is 314 g/mol. The molecule has 1 aromatic carbocycles. The van der Waals surface area contributed by atoms with Crippen LogP contribution in [0.4, 0.5) is 0 Å². The summed E-state index contributed by atoms with van der Waals surface area (Å²) in [6.07, 6.45) is 0. The van der Waals surface area contributed by atoms with Crippen LogP contribution in [0.2, 0.25) is 10.0 Å². The van der Waals surface area contributed by atoms with Crippen LogP contribution >= 0.6 is 45.9 Å². The number of benzene rings is 1. The second kappa shape index (κ2) is 4.83. The van der Waals surface area contributed by atoms with Crippen molar-refractivity contribution in [3.8, 4) is 0 Å². The van der Waals surface area contributed by atoms with Crippen LogP contribution in [0.15, 0.2) is 35.7 Å². The van der Waals surface area contributed by atoms with Crippen LogP contribution in [0.5, 0.6) is 0 Å². The molecule has 0 amide bonds. The predicted octanol–water partition coefficient (Wildman–Crippen LogP) is 5.32. The summed E-state index contributed by atoms with van der Waals surface area (Å²) >= 11 is 15.7. The van der Waals surface area contributed by atoms with Gasteiger partial charge in [-0.15, -0.1) is 22.7 Å². The van der Waals surface area contributed by atoms with Crippen LogP contribution in [0.1, 0.15) is 16.5 Å². The fourth-order valence-electron chi connectivity index (χ4n) is 1.85. The minimum atomic E-state index is -0.221. The molecule has 0 bridgehead atoms. The zero-order chi connectivity index (χ0) is 12.7. The third kappa shape index (κ3) is 2.06. The molecule has 2 aromatic heterocycles. The maximum absolute atomic E-state index is 6.28. The van der Waals surface area contributed by atoms with Crippen molar-refractivity contribution < 1.29 is 0 Å². The summed E-state index contributed by atoms with van der Waals surface area (Å²) in [7, 11) is 0. The highest BCUT2D eigenvalue weighted by Gasteiger charge is 2.16. The summed E-state index contributed by atoms with van der Waals surface area (Å²) in [5.41, 5.74) is 7.15. The summed E-state index contributed by atoms with van der Waals surface area (Å²) in [4.78, 5) is 1.11. The first-order valence-electron chi connectivity index (χ1n) is 5.33. The number of rotatable bonds is 2. The first kappa shape index (κ1) is 12.5. The maximum Gasteiger partial charge on any atom is 0.0661 e. The van der Waals surface area contributed by atoms with E-state index in [-0.39, 0.29) is 6.04 Å². The third-order valence-electron chi connectivity index (χ3n) is 2.78. The predicted molar refractivity (Wildman–Crippen MR) is 82.2 cm³/mol. The van der Waals surface area contributed by atoms with Crippen molar-refractivity contribution in [2.75, 3.05) is 0 Å². The number of halogens is 2. The van der Waals surface area contributed by atoms with Gasteiger partial charge in [-0.2, -0.15) is 0 Å². The molecule has 0 aliphatic heterocycles. The van der Waals surface area contributed by atoms with Gasteiger partial charge in [0.1, 0.15) is 0 Å². The molecule has 18 heavy (non-hydrogen) atoms. The molecule has 3 aromatic rings. The molecule has 3 rings (SSSR count). The molecular formula is C13H9Cl2NS2. The lowest BCUT2D eigenvalue weighted by Crippen LogP contribution is -2.10. The zero-order valence-electron chi connectivity index (χ0n) is 9.19. The second-order valence-electron chi connectivity index (χ2n) is 3.92. The number of hydrogen-bond donors (Lipinski definition) is 1. The van der Waals surface area contributed by atoms with Crippen molar-refractivity contribution in [3.63, 3.8) is 0 Å². The van der Waals surface area contributed by atoms with Gasteiger partial charge >= 0.3 is 0 Å². The molecule has 2 N–H and O–H groups in total. The lowest BCUT2D eigenvalue weighted by molar-refractivity contribution is 0.895. The third-order valence-corrected chi connectivity index (χ3v) is 5.79. The Hall–Kier alpha value is -0.580. The highest BCUT2D eigenvalue weighted by atomic mass is 35.5. The van der Waals surface area contributed by atoms with Crippen LogP contribution in [0.25, 0.3) is 9.40 Å². The second-order valence-corrected chi connectivity index (χ2v) is 6.77. The van der Waals surface area contributed by atoms with Gasteiger partial charge in [-0.3, -0.25) is 0 Å². The van der Waals surface area contributed by atoms with Gasteiger partial charge in [0, 0.05) is 14.3 Å². The molecule has 0 saturated carbocycles. The van der Waals surface area contributed by atoms with Crippen molar-refractivity contribution >= 4 is 55.3 Å². The average Bonchev–Trinajstić information content (AvgIpc) is 2.92. The van der Waals surface area contributed by atoms with E-state index >= 15 is 0 Å². The molecule has 1 atom stereocenters. The van der Waals surface area contributed by atoms with Crippen molar-refractivity contribution in [1.29, 1.82) is 0 Å².